The average molecular weight is 498 g/mol. The lowest BCUT2D eigenvalue weighted by molar-refractivity contribution is -0.140. The van der Waals surface area contributed by atoms with E-state index in [0.717, 1.165) is 64.5 Å². The predicted octanol–water partition coefficient (Wildman–Crippen LogP) is 2.28. The zero-order valence-electron chi connectivity index (χ0n) is 16.2. The molecule has 2 saturated heterocycles. The summed E-state index contributed by atoms with van der Waals surface area (Å²) in [6.45, 7) is 8.56. The van der Waals surface area contributed by atoms with Crippen molar-refractivity contribution in [3.05, 3.63) is 0 Å². The molecule has 0 unspecified atom stereocenters. The third kappa shape index (κ3) is 7.80. The molecule has 152 valence electrons. The van der Waals surface area contributed by atoms with Gasteiger partial charge in [-0.15, -0.1) is 24.0 Å². The Hall–Kier alpha value is -0.220. The maximum absolute atomic E-state index is 12.6. The molecule has 0 aromatic heterocycles. The smallest absolute Gasteiger partial charge is 0.225 e. The Kier molecular flexibility index (Phi) is 12.7. The van der Waals surface area contributed by atoms with E-state index in [4.69, 9.17) is 9.73 Å². The maximum atomic E-state index is 12.6. The number of thioether (sulfide) groups is 1. The quantitative estimate of drug-likeness (QED) is 0.253. The van der Waals surface area contributed by atoms with E-state index in [-0.39, 0.29) is 29.9 Å². The highest BCUT2D eigenvalue weighted by molar-refractivity contribution is 14.0. The van der Waals surface area contributed by atoms with Gasteiger partial charge in [0.05, 0.1) is 13.2 Å². The minimum atomic E-state index is 0. The van der Waals surface area contributed by atoms with Crippen LogP contribution in [0, 0.1) is 5.92 Å². The fourth-order valence-electron chi connectivity index (χ4n) is 3.35. The highest BCUT2D eigenvalue weighted by Crippen LogP contribution is 2.20. The Morgan fingerprint density at radius 3 is 2.46 bits per heavy atom. The van der Waals surface area contributed by atoms with Gasteiger partial charge in [-0.25, -0.2) is 0 Å². The number of piperidine rings is 1. The van der Waals surface area contributed by atoms with Crippen LogP contribution in [0.25, 0.3) is 0 Å². The molecule has 2 fully saturated rings. The van der Waals surface area contributed by atoms with Crippen molar-refractivity contribution in [2.45, 2.75) is 32.6 Å². The Labute approximate surface area is 179 Å². The van der Waals surface area contributed by atoms with Crippen LogP contribution in [-0.4, -0.2) is 86.2 Å². The summed E-state index contributed by atoms with van der Waals surface area (Å²) >= 11 is 1.90. The first-order chi connectivity index (χ1) is 12.3. The molecule has 1 N–H and O–H groups in total. The Morgan fingerprint density at radius 2 is 1.85 bits per heavy atom. The summed E-state index contributed by atoms with van der Waals surface area (Å²) in [5.74, 6) is 2.71. The van der Waals surface area contributed by atoms with Gasteiger partial charge in [-0.2, -0.15) is 11.8 Å². The van der Waals surface area contributed by atoms with Gasteiger partial charge in [0, 0.05) is 45.2 Å². The van der Waals surface area contributed by atoms with Gasteiger partial charge in [0.1, 0.15) is 0 Å². The molecule has 2 aliphatic heterocycles. The monoisotopic (exact) mass is 498 g/mol. The number of nitrogens with one attached hydrogen (secondary N) is 1. The summed E-state index contributed by atoms with van der Waals surface area (Å²) in [7, 11) is 0. The van der Waals surface area contributed by atoms with Crippen LogP contribution in [-0.2, 0) is 9.53 Å². The molecule has 0 bridgehead atoms. The van der Waals surface area contributed by atoms with Crippen LogP contribution in [0.1, 0.15) is 32.6 Å². The number of hydrogen-bond acceptors (Lipinski definition) is 4. The van der Waals surface area contributed by atoms with Gasteiger partial charge >= 0.3 is 0 Å². The molecule has 6 nitrogen and oxygen atoms in total. The topological polar surface area (TPSA) is 57.2 Å². The van der Waals surface area contributed by atoms with Crippen molar-refractivity contribution in [3.8, 4) is 0 Å². The number of carbonyl (C=O) groups excluding carboxylic acids is 1. The lowest BCUT2D eigenvalue weighted by atomic mass is 9.95. The normalized spacial score (nSPS) is 19.2. The number of rotatable bonds is 7. The van der Waals surface area contributed by atoms with Gasteiger partial charge < -0.3 is 19.9 Å². The molecule has 0 aromatic rings. The van der Waals surface area contributed by atoms with E-state index >= 15 is 0 Å². The number of likely N-dealkylation sites (tertiary alicyclic amines) is 1. The fourth-order valence-corrected chi connectivity index (χ4v) is 3.84. The number of morpholine rings is 1. The van der Waals surface area contributed by atoms with Crippen LogP contribution in [0.5, 0.6) is 0 Å². The summed E-state index contributed by atoms with van der Waals surface area (Å²) in [5.41, 5.74) is 0. The zero-order chi connectivity index (χ0) is 17.9. The largest absolute Gasteiger partial charge is 0.378 e. The number of nitrogens with zero attached hydrogens (tertiary/aromatic N) is 3. The van der Waals surface area contributed by atoms with E-state index in [0.29, 0.717) is 19.1 Å². The molecule has 0 saturated carbocycles. The molecule has 26 heavy (non-hydrogen) atoms. The van der Waals surface area contributed by atoms with Gasteiger partial charge in [-0.1, -0.05) is 0 Å². The van der Waals surface area contributed by atoms with Gasteiger partial charge in [-0.05, 0) is 44.6 Å². The van der Waals surface area contributed by atoms with E-state index in [1.807, 2.05) is 16.7 Å². The molecule has 2 rings (SSSR count). The minimum Gasteiger partial charge on any atom is -0.378 e. The summed E-state index contributed by atoms with van der Waals surface area (Å²) in [6.07, 6.45) is 6.36. The number of hydrogen-bond donors (Lipinski definition) is 1. The van der Waals surface area contributed by atoms with Crippen molar-refractivity contribution in [2.24, 2.45) is 10.9 Å². The molecule has 0 radical (unpaired) electrons. The number of ether oxygens (including phenoxy) is 1. The Morgan fingerprint density at radius 1 is 1.15 bits per heavy atom. The van der Waals surface area contributed by atoms with E-state index in [1.165, 1.54) is 12.2 Å². The molecule has 8 heteroatoms. The van der Waals surface area contributed by atoms with Crippen molar-refractivity contribution in [3.63, 3.8) is 0 Å². The van der Waals surface area contributed by atoms with Crippen LogP contribution in [0.4, 0.5) is 0 Å². The molecular formula is C18H35IN4O2S. The van der Waals surface area contributed by atoms with E-state index in [1.54, 1.807) is 0 Å². The van der Waals surface area contributed by atoms with E-state index in [2.05, 4.69) is 23.4 Å². The van der Waals surface area contributed by atoms with Crippen LogP contribution in [0.15, 0.2) is 4.99 Å². The first-order valence-corrected chi connectivity index (χ1v) is 11.0. The minimum absolute atomic E-state index is 0. The third-order valence-corrected chi connectivity index (χ3v) is 5.52. The lowest BCUT2D eigenvalue weighted by Gasteiger charge is -2.36. The van der Waals surface area contributed by atoms with Crippen LogP contribution in [0.2, 0.25) is 0 Å². The lowest BCUT2D eigenvalue weighted by Crippen LogP contribution is -2.50. The number of unbranched alkanes of at least 4 members (excludes halogenated alkanes) is 1. The zero-order valence-corrected chi connectivity index (χ0v) is 19.4. The van der Waals surface area contributed by atoms with E-state index in [9.17, 15) is 4.79 Å². The number of halogens is 1. The third-order valence-electron chi connectivity index (χ3n) is 4.82. The second-order valence-electron chi connectivity index (χ2n) is 6.63. The molecule has 0 aliphatic carbocycles. The maximum Gasteiger partial charge on any atom is 0.225 e. The van der Waals surface area contributed by atoms with Crippen LogP contribution in [0.3, 0.4) is 0 Å². The van der Waals surface area contributed by atoms with Crippen molar-refractivity contribution in [1.82, 2.24) is 15.1 Å². The Bertz CT molecular complexity index is 425. The second kappa shape index (κ2) is 13.9. The van der Waals surface area contributed by atoms with Crippen LogP contribution < -0.4 is 5.32 Å². The van der Waals surface area contributed by atoms with Crippen molar-refractivity contribution >= 4 is 47.6 Å². The van der Waals surface area contributed by atoms with Crippen molar-refractivity contribution < 1.29 is 9.53 Å². The molecule has 0 spiro atoms. The van der Waals surface area contributed by atoms with Crippen LogP contribution >= 0.6 is 35.7 Å². The van der Waals surface area contributed by atoms with Crippen molar-refractivity contribution in [2.75, 3.05) is 64.5 Å². The van der Waals surface area contributed by atoms with Gasteiger partial charge in [0.25, 0.3) is 0 Å². The summed E-state index contributed by atoms with van der Waals surface area (Å²) in [4.78, 5) is 21.7. The van der Waals surface area contributed by atoms with Gasteiger partial charge in [-0.3, -0.25) is 9.79 Å². The number of amides is 1. The summed E-state index contributed by atoms with van der Waals surface area (Å²) in [6, 6.07) is 0. The average Bonchev–Trinajstić information content (AvgIpc) is 2.67. The first kappa shape index (κ1) is 23.8. The second-order valence-corrected chi connectivity index (χ2v) is 7.62. The standard InChI is InChI=1S/C18H34N4O2S.HI/c1-3-19-18(20-8-4-5-15-25-2)22-9-6-16(7-10-22)17(23)21-11-13-24-14-12-21;/h16H,3-15H2,1-2H3,(H,19,20);1H. The molecule has 1 amide bonds. The SMILES string of the molecule is CCNC(=NCCCCSC)N1CCC(C(=O)N2CCOCC2)CC1.I. The Balaban J connectivity index is 0.00000338. The van der Waals surface area contributed by atoms with Crippen molar-refractivity contribution in [1.29, 1.82) is 0 Å². The van der Waals surface area contributed by atoms with Gasteiger partial charge in [0.15, 0.2) is 5.96 Å². The highest BCUT2D eigenvalue weighted by Gasteiger charge is 2.30. The summed E-state index contributed by atoms with van der Waals surface area (Å²) in [5, 5.41) is 3.41. The molecule has 0 atom stereocenters. The number of guanidine groups is 1. The molecule has 2 aliphatic rings. The number of carbonyl (C=O) groups is 1. The van der Waals surface area contributed by atoms with E-state index < -0.39 is 0 Å². The molecular weight excluding hydrogens is 463 g/mol. The fraction of sp³-hybridized carbons (Fsp3) is 0.889. The highest BCUT2D eigenvalue weighted by atomic mass is 127. The summed E-state index contributed by atoms with van der Waals surface area (Å²) < 4.78 is 5.35. The number of aliphatic imine (C=N–C) groups is 1. The molecule has 0 aromatic carbocycles. The predicted molar refractivity (Wildman–Crippen MR) is 121 cm³/mol. The molecule has 2 heterocycles. The first-order valence-electron chi connectivity index (χ1n) is 9.65. The van der Waals surface area contributed by atoms with Gasteiger partial charge in [0.2, 0.25) is 5.91 Å².